The summed E-state index contributed by atoms with van der Waals surface area (Å²) in [6.07, 6.45) is 0. The Balaban J connectivity index is 1.02. The van der Waals surface area contributed by atoms with Gasteiger partial charge >= 0.3 is 0 Å². The zero-order valence-electron chi connectivity index (χ0n) is 39.6. The average Bonchev–Trinajstić information content (AvgIpc) is 3.42. The van der Waals surface area contributed by atoms with Gasteiger partial charge in [-0.15, -0.1) is 0 Å². The summed E-state index contributed by atoms with van der Waals surface area (Å²) in [7, 11) is 0. The van der Waals surface area contributed by atoms with E-state index in [0.717, 1.165) is 34.1 Å². The Labute approximate surface area is 410 Å². The molecule has 0 fully saturated rings. The molecule has 70 heavy (non-hydrogen) atoms. The minimum atomic E-state index is -0.312. The van der Waals surface area contributed by atoms with Gasteiger partial charge in [-0.1, -0.05) is 208 Å². The van der Waals surface area contributed by atoms with Crippen LogP contribution in [0.1, 0.15) is 30.5 Å². The van der Waals surface area contributed by atoms with E-state index in [4.69, 9.17) is 0 Å². The molecule has 0 bridgehead atoms. The highest BCUT2D eigenvalue weighted by Gasteiger charge is 2.36. The molecule has 12 aromatic carbocycles. The first-order chi connectivity index (χ1) is 34.4. The van der Waals surface area contributed by atoms with Crippen molar-refractivity contribution in [3.8, 4) is 33.4 Å². The van der Waals surface area contributed by atoms with E-state index in [1.165, 1.54) is 93.2 Å². The highest BCUT2D eigenvalue weighted by molar-refractivity contribution is 6.19. The molecule has 0 aliphatic heterocycles. The molecule has 1 aliphatic carbocycles. The number of hydrogen-bond donors (Lipinski definition) is 0. The van der Waals surface area contributed by atoms with E-state index < -0.39 is 0 Å². The lowest BCUT2D eigenvalue weighted by Gasteiger charge is -2.38. The monoisotopic (exact) mass is 894 g/mol. The van der Waals surface area contributed by atoms with Gasteiger partial charge in [-0.25, -0.2) is 0 Å². The van der Waals surface area contributed by atoms with Crippen LogP contribution in [-0.2, 0) is 5.41 Å². The minimum absolute atomic E-state index is 0.312. The van der Waals surface area contributed by atoms with Crippen LogP contribution in [0.2, 0.25) is 0 Å². The van der Waals surface area contributed by atoms with Crippen molar-refractivity contribution in [2.45, 2.75) is 26.2 Å². The summed E-state index contributed by atoms with van der Waals surface area (Å²) >= 11 is 0. The predicted molar refractivity (Wildman–Crippen MR) is 299 cm³/mol. The number of para-hydroxylation sites is 2. The van der Waals surface area contributed by atoms with E-state index in [9.17, 15) is 0 Å². The van der Waals surface area contributed by atoms with Gasteiger partial charge in [0.1, 0.15) is 0 Å². The molecule has 2 nitrogen and oxygen atoms in total. The van der Waals surface area contributed by atoms with Gasteiger partial charge in [0.15, 0.2) is 0 Å². The third-order valence-electron chi connectivity index (χ3n) is 15.0. The lowest BCUT2D eigenvalue weighted by molar-refractivity contribution is 0.645. The molecule has 0 atom stereocenters. The van der Waals surface area contributed by atoms with Crippen molar-refractivity contribution in [1.29, 1.82) is 0 Å². The van der Waals surface area contributed by atoms with Crippen molar-refractivity contribution in [2.24, 2.45) is 0 Å². The van der Waals surface area contributed by atoms with Crippen LogP contribution in [0.3, 0.4) is 0 Å². The fourth-order valence-corrected chi connectivity index (χ4v) is 11.6. The van der Waals surface area contributed by atoms with Gasteiger partial charge in [0.2, 0.25) is 0 Å². The van der Waals surface area contributed by atoms with E-state index in [1.54, 1.807) is 0 Å². The molecule has 0 aromatic heterocycles. The molecule has 0 amide bonds. The number of fused-ring (bicyclic) bond motifs is 6. The quantitative estimate of drug-likeness (QED) is 0.140. The van der Waals surface area contributed by atoms with E-state index in [0.29, 0.717) is 0 Å². The van der Waals surface area contributed by atoms with Crippen molar-refractivity contribution in [2.75, 3.05) is 9.80 Å². The van der Waals surface area contributed by atoms with Gasteiger partial charge in [0.05, 0.1) is 17.1 Å². The maximum atomic E-state index is 2.48. The Morgan fingerprint density at radius 1 is 0.314 bits per heavy atom. The molecule has 0 heterocycles. The third-order valence-corrected chi connectivity index (χ3v) is 15.0. The van der Waals surface area contributed by atoms with E-state index in [-0.39, 0.29) is 5.41 Å². The summed E-state index contributed by atoms with van der Waals surface area (Å²) in [5.41, 5.74) is 17.8. The van der Waals surface area contributed by atoms with Crippen LogP contribution < -0.4 is 9.80 Å². The van der Waals surface area contributed by atoms with Crippen LogP contribution in [0, 0.1) is 6.92 Å². The Bertz CT molecular complexity index is 3990. The summed E-state index contributed by atoms with van der Waals surface area (Å²) in [5.74, 6) is 0. The van der Waals surface area contributed by atoms with Crippen LogP contribution >= 0.6 is 0 Å². The highest BCUT2D eigenvalue weighted by atomic mass is 15.2. The van der Waals surface area contributed by atoms with E-state index >= 15 is 0 Å². The number of rotatable bonds is 8. The molecule has 332 valence electrons. The molecule has 0 saturated heterocycles. The van der Waals surface area contributed by atoms with Gasteiger partial charge < -0.3 is 9.80 Å². The fraction of sp³-hybridized carbons (Fsp3) is 0.0588. The molecule has 0 spiro atoms. The van der Waals surface area contributed by atoms with E-state index in [2.05, 4.69) is 279 Å². The second kappa shape index (κ2) is 16.5. The number of nitrogens with zero attached hydrogens (tertiary/aromatic N) is 2. The second-order valence-corrected chi connectivity index (χ2v) is 19.3. The molecule has 2 heteroatoms. The van der Waals surface area contributed by atoms with Crippen LogP contribution in [-0.4, -0.2) is 0 Å². The lowest BCUT2D eigenvalue weighted by Crippen LogP contribution is -2.25. The minimum Gasteiger partial charge on any atom is -0.310 e. The van der Waals surface area contributed by atoms with E-state index in [1.807, 2.05) is 0 Å². The molecule has 0 radical (unpaired) electrons. The Morgan fingerprint density at radius 2 is 0.843 bits per heavy atom. The zero-order valence-corrected chi connectivity index (χ0v) is 39.6. The van der Waals surface area contributed by atoms with Crippen LogP contribution in [0.4, 0.5) is 34.1 Å². The Kier molecular flexibility index (Phi) is 9.78. The van der Waals surface area contributed by atoms with Crippen molar-refractivity contribution in [3.63, 3.8) is 0 Å². The van der Waals surface area contributed by atoms with Crippen LogP contribution in [0.5, 0.6) is 0 Å². The molecule has 0 saturated carbocycles. The smallest absolute Gasteiger partial charge is 0.0540 e. The first-order valence-corrected chi connectivity index (χ1v) is 24.4. The predicted octanol–water partition coefficient (Wildman–Crippen LogP) is 19.2. The van der Waals surface area contributed by atoms with Crippen molar-refractivity contribution in [1.82, 2.24) is 0 Å². The third kappa shape index (κ3) is 6.63. The second-order valence-electron chi connectivity index (χ2n) is 19.3. The Hall–Kier alpha value is -8.72. The summed E-state index contributed by atoms with van der Waals surface area (Å²) in [6, 6.07) is 91.6. The molecular formula is C68H50N2. The van der Waals surface area contributed by atoms with Gasteiger partial charge in [0, 0.05) is 39.0 Å². The van der Waals surface area contributed by atoms with Gasteiger partial charge in [-0.3, -0.25) is 0 Å². The lowest BCUT2D eigenvalue weighted by atomic mass is 9.67. The normalized spacial score (nSPS) is 12.6. The maximum Gasteiger partial charge on any atom is 0.0540 e. The van der Waals surface area contributed by atoms with Gasteiger partial charge in [-0.05, 0) is 138 Å². The number of hydrogen-bond acceptors (Lipinski definition) is 2. The summed E-state index contributed by atoms with van der Waals surface area (Å²) < 4.78 is 0. The molecule has 1 aliphatic rings. The molecule has 13 rings (SSSR count). The zero-order chi connectivity index (χ0) is 46.9. The number of anilines is 6. The first-order valence-electron chi connectivity index (χ1n) is 24.4. The van der Waals surface area contributed by atoms with Crippen LogP contribution in [0.15, 0.2) is 249 Å². The molecular weight excluding hydrogens is 845 g/mol. The van der Waals surface area contributed by atoms with Crippen LogP contribution in [0.25, 0.3) is 76.5 Å². The highest BCUT2D eigenvalue weighted by Crippen LogP contribution is 2.55. The average molecular weight is 895 g/mol. The van der Waals surface area contributed by atoms with Gasteiger partial charge in [0.25, 0.3) is 0 Å². The first kappa shape index (κ1) is 41.5. The fourth-order valence-electron chi connectivity index (χ4n) is 11.6. The van der Waals surface area contributed by atoms with Crippen molar-refractivity contribution in [3.05, 3.63) is 265 Å². The van der Waals surface area contributed by atoms with Gasteiger partial charge in [-0.2, -0.15) is 0 Å². The molecule has 12 aromatic rings. The standard InChI is InChI=1S/C68H50N2/c1-45-54-40-38-52(70(65-35-18-27-49-25-12-13-28-57(49)65)64-34-17-15-30-56(64)48-23-8-5-9-24-48)43-60(54)58-31-19-32-61-67(58)66(45)59-41-39-53(44-62(59)68(61,2)3)69(51-37-36-46-20-10-11-26-50(46)42-51)63-33-16-14-29-55(63)47-21-6-4-7-22-47/h4-44H,1-3H3. The number of aryl methyl sites for hydroxylation is 1. The Morgan fingerprint density at radius 3 is 1.59 bits per heavy atom. The van der Waals surface area contributed by atoms with Crippen molar-refractivity contribution >= 4 is 77.2 Å². The summed E-state index contributed by atoms with van der Waals surface area (Å²) in [5, 5.41) is 10.0. The SMILES string of the molecule is Cc1c2c3c(cccc3c3cc(N(c4ccccc4-c4ccccc4)c4cccc5ccccc45)ccc13)C(C)(C)c1cc(N(c3ccc4ccccc4c3)c3ccccc3-c3ccccc3)ccc1-2. The number of benzene rings is 12. The molecule has 0 N–H and O–H groups in total. The largest absolute Gasteiger partial charge is 0.310 e. The summed E-state index contributed by atoms with van der Waals surface area (Å²) in [6.45, 7) is 7.18. The summed E-state index contributed by atoms with van der Waals surface area (Å²) in [4.78, 5) is 4.94. The molecule has 0 unspecified atom stereocenters. The van der Waals surface area contributed by atoms with Crippen molar-refractivity contribution < 1.29 is 0 Å². The topological polar surface area (TPSA) is 6.48 Å². The maximum absolute atomic E-state index is 2.48.